The van der Waals surface area contributed by atoms with Crippen LogP contribution < -0.4 is 20.5 Å². The van der Waals surface area contributed by atoms with Gasteiger partial charge in [0.25, 0.3) is 12.4 Å². The van der Waals surface area contributed by atoms with Gasteiger partial charge in [0.05, 0.1) is 30.8 Å². The number of hydrogen-bond acceptors (Lipinski definition) is 12. The van der Waals surface area contributed by atoms with Crippen LogP contribution in [0, 0.1) is 11.3 Å². The van der Waals surface area contributed by atoms with Gasteiger partial charge in [0.15, 0.2) is 5.60 Å². The number of aromatic amines is 1. The number of aromatic nitrogens is 1. The van der Waals surface area contributed by atoms with Gasteiger partial charge in [-0.25, -0.2) is 10.2 Å². The van der Waals surface area contributed by atoms with Crippen molar-refractivity contribution < 1.29 is 43.9 Å². The van der Waals surface area contributed by atoms with E-state index in [0.717, 1.165) is 52.1 Å². The van der Waals surface area contributed by atoms with Crippen LogP contribution in [0.15, 0.2) is 48.6 Å². The smallest absolute Gasteiger partial charge is 0.426 e. The number of hydrogen-bond donors (Lipinski definition) is 6. The van der Waals surface area contributed by atoms with Crippen LogP contribution in [0.3, 0.4) is 0 Å². The normalized spacial score (nSPS) is 36.1. The summed E-state index contributed by atoms with van der Waals surface area (Å²) in [6.45, 7) is 9.58. The molecule has 3 aromatic rings. The van der Waals surface area contributed by atoms with E-state index >= 15 is 0 Å². The van der Waals surface area contributed by atoms with Gasteiger partial charge in [-0.2, -0.15) is 0 Å². The number of piperidine rings is 1. The number of anilines is 1. The number of H-pyrrole nitrogens is 1. The Hall–Kier alpha value is -4.67. The predicted molar refractivity (Wildman–Crippen MR) is 227 cm³/mol. The fourth-order valence-corrected chi connectivity index (χ4v) is 13.5. The maximum absolute atomic E-state index is 14.6. The van der Waals surface area contributed by atoms with Crippen molar-refractivity contribution in [1.29, 1.82) is 0 Å². The molecule has 328 valence electrons. The minimum Gasteiger partial charge on any atom is -0.496 e. The minimum atomic E-state index is -2.44. The Kier molecular flexibility index (Phi) is 10.3. The quantitative estimate of drug-likeness (QED) is 0.105. The zero-order valence-electron chi connectivity index (χ0n) is 35.8. The highest BCUT2D eigenvalue weighted by Gasteiger charge is 2.78. The van der Waals surface area contributed by atoms with Crippen LogP contribution in [0.4, 0.5) is 10.5 Å². The second-order valence-corrected chi connectivity index (χ2v) is 18.5. The van der Waals surface area contributed by atoms with E-state index in [0.29, 0.717) is 70.4 Å². The molecule has 2 amide bonds. The lowest BCUT2D eigenvalue weighted by Crippen LogP contribution is -2.82. The number of aliphatic hydroxyl groups is 3. The van der Waals surface area contributed by atoms with Gasteiger partial charge in [-0.3, -0.25) is 24.8 Å². The van der Waals surface area contributed by atoms with Gasteiger partial charge in [0, 0.05) is 84.0 Å². The largest absolute Gasteiger partial charge is 0.496 e. The number of ether oxygens (including phenoxy) is 3. The molecule has 15 nitrogen and oxygen atoms in total. The summed E-state index contributed by atoms with van der Waals surface area (Å²) < 4.78 is 17.4. The van der Waals surface area contributed by atoms with Crippen LogP contribution in [0.5, 0.6) is 5.75 Å². The van der Waals surface area contributed by atoms with Crippen LogP contribution in [0.2, 0.25) is 0 Å². The standard InChI is InChI=1S/C46H60N6O9/c1-6-42(57)22-28-23-44(26-60-27-53,36-30(14-18-51(24-28)25-42)29-12-9-10-13-33(29)47-36)32-20-31-34(21-35(32)59-5)50(4)38-45(31)16-19-52-17-11-15-43(7-2,37(45)52)39(54)46(38,58)40(55)48-49-41(56)61-8-3/h9-13,15,20-21,27-28,37-39,47,54,57-58H,6-8,14,16-19,22-26H2,1-5H3,(H,48,55)(H,49,56)/t28-,37+,38-,39-,42+,43-,44+,45-,46+/m1/s1. The summed E-state index contributed by atoms with van der Waals surface area (Å²) in [5.41, 5.74) is 3.78. The number of methoxy groups -OCH3 is 1. The van der Waals surface area contributed by atoms with E-state index in [1.165, 1.54) is 0 Å². The second-order valence-electron chi connectivity index (χ2n) is 18.5. The van der Waals surface area contributed by atoms with Crippen molar-refractivity contribution >= 4 is 35.1 Å². The number of nitrogens with one attached hydrogen (secondary N) is 3. The average molecular weight is 841 g/mol. The summed E-state index contributed by atoms with van der Waals surface area (Å²) in [4.78, 5) is 50.0. The molecule has 1 unspecified atom stereocenters. The lowest BCUT2D eigenvalue weighted by Gasteiger charge is -2.63. The molecule has 0 radical (unpaired) electrons. The van der Waals surface area contributed by atoms with E-state index in [4.69, 9.17) is 14.2 Å². The number of hydrazine groups is 1. The van der Waals surface area contributed by atoms with Gasteiger partial charge in [-0.1, -0.05) is 44.2 Å². The average Bonchev–Trinajstić information content (AvgIpc) is 3.92. The number of rotatable bonds is 9. The number of amides is 2. The molecule has 61 heavy (non-hydrogen) atoms. The molecule has 2 saturated heterocycles. The fraction of sp³-hybridized carbons (Fsp3) is 0.587. The molecule has 9 rings (SSSR count). The predicted octanol–water partition coefficient (Wildman–Crippen LogP) is 3.02. The van der Waals surface area contributed by atoms with Gasteiger partial charge in [-0.05, 0) is 81.2 Å². The van der Waals surface area contributed by atoms with E-state index in [1.807, 2.05) is 56.1 Å². The van der Waals surface area contributed by atoms with E-state index in [9.17, 15) is 29.7 Å². The summed E-state index contributed by atoms with van der Waals surface area (Å²) in [6, 6.07) is 11.1. The molecule has 5 aliphatic heterocycles. The third-order valence-corrected chi connectivity index (χ3v) is 15.8. The number of carbonyl (C=O) groups is 3. The molecule has 15 heteroatoms. The maximum atomic E-state index is 14.6. The Labute approximate surface area is 356 Å². The molecule has 6 N–H and O–H groups in total. The van der Waals surface area contributed by atoms with Gasteiger partial charge >= 0.3 is 6.09 Å². The molecule has 1 aromatic heterocycles. The molecule has 6 aliphatic rings. The highest BCUT2D eigenvalue weighted by atomic mass is 16.6. The van der Waals surface area contributed by atoms with E-state index < -0.39 is 51.6 Å². The van der Waals surface area contributed by atoms with E-state index in [-0.39, 0.29) is 25.2 Å². The molecule has 10 atom stereocenters. The number of likely N-dealkylation sites (N-methyl/N-ethyl adjacent to an activating group) is 1. The van der Waals surface area contributed by atoms with Crippen LogP contribution in [0.25, 0.3) is 10.9 Å². The fourth-order valence-electron chi connectivity index (χ4n) is 13.5. The Morgan fingerprint density at radius 1 is 1.03 bits per heavy atom. The number of nitrogens with zero attached hydrogens (tertiary/aromatic N) is 3. The summed E-state index contributed by atoms with van der Waals surface area (Å²) >= 11 is 0. The molecule has 2 bridgehead atoms. The lowest BCUT2D eigenvalue weighted by molar-refractivity contribution is -0.204. The first-order chi connectivity index (χ1) is 29.3. The van der Waals surface area contributed by atoms with Gasteiger partial charge in [-0.15, -0.1) is 0 Å². The monoisotopic (exact) mass is 840 g/mol. The van der Waals surface area contributed by atoms with Crippen molar-refractivity contribution in [2.75, 3.05) is 65.0 Å². The zero-order chi connectivity index (χ0) is 43.1. The highest BCUT2D eigenvalue weighted by Crippen LogP contribution is 2.67. The number of fused-ring (bicyclic) bond motifs is 6. The SMILES string of the molecule is CCOC(=O)NNC(=O)[C@@]1(O)[C@H](O)[C@]2(CC)C=CCN3CC[C@@]4(c5cc([C@@]6(COC=O)C[C@@H]7CN(CCc8c6[nH]c6ccccc86)C[C@](O)(CC)C7)c(OC)cc5N(C)[C@@H]14)[C@@H]32. The first kappa shape index (κ1) is 41.7. The van der Waals surface area contributed by atoms with Crippen molar-refractivity contribution in [3.8, 4) is 5.75 Å². The first-order valence-electron chi connectivity index (χ1n) is 21.9. The van der Waals surface area contributed by atoms with Crippen LogP contribution in [0.1, 0.15) is 75.3 Å². The Bertz CT molecular complexity index is 2270. The van der Waals surface area contributed by atoms with E-state index in [1.54, 1.807) is 14.0 Å². The van der Waals surface area contributed by atoms with Crippen molar-refractivity contribution in [2.24, 2.45) is 11.3 Å². The third-order valence-electron chi connectivity index (χ3n) is 15.8. The second kappa shape index (κ2) is 15.0. The third kappa shape index (κ3) is 5.83. The highest BCUT2D eigenvalue weighted by molar-refractivity contribution is 5.91. The van der Waals surface area contributed by atoms with Gasteiger partial charge in [0.1, 0.15) is 18.5 Å². The maximum Gasteiger partial charge on any atom is 0.426 e. The molecule has 1 spiro atoms. The van der Waals surface area contributed by atoms with Gasteiger partial charge < -0.3 is 39.4 Å². The number of aliphatic hydroxyl groups excluding tert-OH is 1. The van der Waals surface area contributed by atoms with Crippen molar-refractivity contribution in [1.82, 2.24) is 25.6 Å². The minimum absolute atomic E-state index is 0.00145. The summed E-state index contributed by atoms with van der Waals surface area (Å²) in [5, 5.41) is 39.0. The molecular weight excluding hydrogens is 781 g/mol. The first-order valence-corrected chi connectivity index (χ1v) is 21.9. The van der Waals surface area contributed by atoms with Crippen LogP contribution in [-0.2, 0) is 36.3 Å². The summed E-state index contributed by atoms with van der Waals surface area (Å²) in [7, 11) is 3.46. The summed E-state index contributed by atoms with van der Waals surface area (Å²) in [6.07, 6.45) is 4.89. The van der Waals surface area contributed by atoms with Crippen LogP contribution in [-0.4, -0.2) is 138 Å². The zero-order valence-corrected chi connectivity index (χ0v) is 35.8. The Balaban J connectivity index is 1.31. The number of para-hydroxylation sites is 1. The van der Waals surface area contributed by atoms with Gasteiger partial charge in [0.2, 0.25) is 0 Å². The molecule has 1 saturated carbocycles. The lowest BCUT2D eigenvalue weighted by atomic mass is 9.47. The number of carbonyl (C=O) groups excluding carboxylic acids is 3. The molecule has 3 fully saturated rings. The van der Waals surface area contributed by atoms with Crippen LogP contribution >= 0.6 is 0 Å². The summed E-state index contributed by atoms with van der Waals surface area (Å²) in [5.74, 6) is -0.412. The topological polar surface area (TPSA) is 189 Å². The van der Waals surface area contributed by atoms with E-state index in [2.05, 4.69) is 43.8 Å². The van der Waals surface area contributed by atoms with Crippen molar-refractivity contribution in [2.45, 2.75) is 99.5 Å². The Morgan fingerprint density at radius 2 is 1.84 bits per heavy atom. The molecular formula is C46H60N6O9. The molecule has 6 heterocycles. The van der Waals surface area contributed by atoms with Crippen molar-refractivity contribution in [3.63, 3.8) is 0 Å². The molecule has 1 aliphatic carbocycles. The Morgan fingerprint density at radius 3 is 2.57 bits per heavy atom. The molecule has 2 aromatic carbocycles. The number of benzene rings is 2. The van der Waals surface area contributed by atoms with Crippen molar-refractivity contribution in [3.05, 3.63) is 70.9 Å².